The largest absolute Gasteiger partial charge is 0.337 e. The summed E-state index contributed by atoms with van der Waals surface area (Å²) < 4.78 is 34.6. The van der Waals surface area contributed by atoms with Crippen LogP contribution in [-0.4, -0.2) is 29.3 Å². The molecular formula is C22H25N5O4S2. The van der Waals surface area contributed by atoms with Crippen LogP contribution in [-0.2, 0) is 16.6 Å². The third kappa shape index (κ3) is 4.64. The Morgan fingerprint density at radius 1 is 1.15 bits per heavy atom. The summed E-state index contributed by atoms with van der Waals surface area (Å²) in [5.41, 5.74) is 2.61. The average Bonchev–Trinajstić information content (AvgIpc) is 3.40. The van der Waals surface area contributed by atoms with E-state index in [0.717, 1.165) is 22.5 Å². The molecule has 0 aliphatic rings. The van der Waals surface area contributed by atoms with Gasteiger partial charge in [-0.15, -0.1) is 11.3 Å². The standard InChI is InChI=1S/C22H25N5O4S2/c1-12(2)11-27-22-18(15(5)24-27)10-19(32-22)20(28)23-16-6-8-17(9-7-16)33(29,30)26-21-13(3)14(4)25-31-21/h6-10,12,26H,11H2,1-5H3,(H,23,28). The Morgan fingerprint density at radius 3 is 2.45 bits per heavy atom. The number of aromatic nitrogens is 3. The number of amides is 1. The van der Waals surface area contributed by atoms with Crippen molar-refractivity contribution in [2.45, 2.75) is 46.1 Å². The molecule has 9 nitrogen and oxygen atoms in total. The highest BCUT2D eigenvalue weighted by molar-refractivity contribution is 7.92. The molecule has 2 N–H and O–H groups in total. The Balaban J connectivity index is 1.50. The van der Waals surface area contributed by atoms with Crippen LogP contribution in [0.5, 0.6) is 0 Å². The quantitative estimate of drug-likeness (QED) is 0.389. The highest BCUT2D eigenvalue weighted by Gasteiger charge is 2.20. The second-order valence-corrected chi connectivity index (χ2v) is 11.0. The monoisotopic (exact) mass is 487 g/mol. The van der Waals surface area contributed by atoms with Gasteiger partial charge in [-0.05, 0) is 57.0 Å². The molecule has 0 atom stereocenters. The lowest BCUT2D eigenvalue weighted by Gasteiger charge is -2.08. The van der Waals surface area contributed by atoms with Crippen molar-refractivity contribution in [2.75, 3.05) is 10.0 Å². The number of carbonyl (C=O) groups is 1. The zero-order chi connectivity index (χ0) is 23.9. The predicted molar refractivity (Wildman–Crippen MR) is 128 cm³/mol. The van der Waals surface area contributed by atoms with Crippen LogP contribution in [0.25, 0.3) is 10.2 Å². The van der Waals surface area contributed by atoms with E-state index in [2.05, 4.69) is 34.1 Å². The summed E-state index contributed by atoms with van der Waals surface area (Å²) in [6.45, 7) is 10.4. The van der Waals surface area contributed by atoms with E-state index < -0.39 is 10.0 Å². The normalized spacial score (nSPS) is 11.9. The molecule has 3 aromatic heterocycles. The molecule has 174 valence electrons. The maximum Gasteiger partial charge on any atom is 0.265 e. The van der Waals surface area contributed by atoms with Gasteiger partial charge in [0.05, 0.1) is 21.2 Å². The fourth-order valence-electron chi connectivity index (χ4n) is 3.30. The number of hydrogen-bond acceptors (Lipinski definition) is 7. The van der Waals surface area contributed by atoms with Crippen molar-refractivity contribution in [2.24, 2.45) is 5.92 Å². The first-order valence-corrected chi connectivity index (χ1v) is 12.7. The molecule has 0 saturated carbocycles. The van der Waals surface area contributed by atoms with Crippen molar-refractivity contribution in [3.63, 3.8) is 0 Å². The van der Waals surface area contributed by atoms with Gasteiger partial charge in [0.1, 0.15) is 4.83 Å². The van der Waals surface area contributed by atoms with Crippen molar-refractivity contribution in [3.05, 3.63) is 52.2 Å². The van der Waals surface area contributed by atoms with Crippen molar-refractivity contribution in [1.29, 1.82) is 0 Å². The van der Waals surface area contributed by atoms with Crippen molar-refractivity contribution in [3.8, 4) is 0 Å². The minimum Gasteiger partial charge on any atom is -0.337 e. The molecule has 4 rings (SSSR count). The highest BCUT2D eigenvalue weighted by atomic mass is 32.2. The lowest BCUT2D eigenvalue weighted by Crippen LogP contribution is -2.14. The van der Waals surface area contributed by atoms with Crippen LogP contribution < -0.4 is 10.0 Å². The first-order chi connectivity index (χ1) is 15.5. The number of rotatable bonds is 7. The second kappa shape index (κ2) is 8.64. The Bertz CT molecular complexity index is 1430. The summed E-state index contributed by atoms with van der Waals surface area (Å²) in [5, 5.41) is 12.1. The summed E-state index contributed by atoms with van der Waals surface area (Å²) in [4.78, 5) is 14.4. The number of anilines is 2. The minimum atomic E-state index is -3.85. The zero-order valence-corrected chi connectivity index (χ0v) is 20.6. The van der Waals surface area contributed by atoms with E-state index in [0.29, 0.717) is 27.7 Å². The van der Waals surface area contributed by atoms with Crippen LogP contribution in [0.2, 0.25) is 0 Å². The van der Waals surface area contributed by atoms with Gasteiger partial charge in [-0.3, -0.25) is 9.48 Å². The molecule has 0 aliphatic heterocycles. The van der Waals surface area contributed by atoms with Crippen LogP contribution in [0.3, 0.4) is 0 Å². The number of nitrogens with one attached hydrogen (secondary N) is 2. The summed E-state index contributed by atoms with van der Waals surface area (Å²) in [5.74, 6) is 0.266. The molecule has 0 fully saturated rings. The Kier molecular flexibility index (Phi) is 6.02. The van der Waals surface area contributed by atoms with Gasteiger partial charge in [0.15, 0.2) is 0 Å². The number of carbonyl (C=O) groups excluding carboxylic acids is 1. The van der Waals surface area contributed by atoms with Crippen LogP contribution in [0, 0.1) is 26.7 Å². The number of benzene rings is 1. The van der Waals surface area contributed by atoms with Crippen LogP contribution in [0.4, 0.5) is 11.6 Å². The molecule has 3 heterocycles. The third-order valence-corrected chi connectivity index (χ3v) is 7.67. The molecule has 0 radical (unpaired) electrons. The van der Waals surface area contributed by atoms with Gasteiger partial charge in [0.2, 0.25) is 5.88 Å². The van der Waals surface area contributed by atoms with E-state index in [1.165, 1.54) is 23.5 Å². The molecule has 4 aromatic rings. The number of hydrogen-bond donors (Lipinski definition) is 2. The molecule has 11 heteroatoms. The fourth-order valence-corrected chi connectivity index (χ4v) is 5.41. The van der Waals surface area contributed by atoms with Crippen molar-refractivity contribution < 1.29 is 17.7 Å². The molecule has 0 aliphatic carbocycles. The maximum absolute atomic E-state index is 12.8. The summed E-state index contributed by atoms with van der Waals surface area (Å²) in [6.07, 6.45) is 0. The van der Waals surface area contributed by atoms with Gasteiger partial charge in [-0.2, -0.15) is 5.10 Å². The lowest BCUT2D eigenvalue weighted by atomic mass is 10.2. The Hall–Kier alpha value is -3.18. The molecule has 0 bridgehead atoms. The van der Waals surface area contributed by atoms with E-state index in [4.69, 9.17) is 4.52 Å². The van der Waals surface area contributed by atoms with E-state index >= 15 is 0 Å². The molecular weight excluding hydrogens is 462 g/mol. The van der Waals surface area contributed by atoms with Crippen LogP contribution in [0.15, 0.2) is 39.8 Å². The highest BCUT2D eigenvalue weighted by Crippen LogP contribution is 2.30. The van der Waals surface area contributed by atoms with Crippen LogP contribution in [0.1, 0.15) is 40.5 Å². The van der Waals surface area contributed by atoms with Gasteiger partial charge in [-0.25, -0.2) is 13.1 Å². The average molecular weight is 488 g/mol. The SMILES string of the molecule is Cc1noc(NS(=O)(=O)c2ccc(NC(=O)c3cc4c(C)nn(CC(C)C)c4s3)cc2)c1C. The first kappa shape index (κ1) is 23.0. The van der Waals surface area contributed by atoms with Gasteiger partial charge in [0.25, 0.3) is 15.9 Å². The van der Waals surface area contributed by atoms with Gasteiger partial charge >= 0.3 is 0 Å². The summed E-state index contributed by atoms with van der Waals surface area (Å²) in [7, 11) is -3.85. The third-order valence-electron chi connectivity index (χ3n) is 5.18. The maximum atomic E-state index is 12.8. The van der Waals surface area contributed by atoms with E-state index in [1.54, 1.807) is 26.0 Å². The van der Waals surface area contributed by atoms with E-state index in [-0.39, 0.29) is 16.7 Å². The minimum absolute atomic E-state index is 0.0419. The summed E-state index contributed by atoms with van der Waals surface area (Å²) >= 11 is 1.39. The van der Waals surface area contributed by atoms with Gasteiger partial charge in [0, 0.05) is 23.2 Å². The smallest absolute Gasteiger partial charge is 0.265 e. The van der Waals surface area contributed by atoms with Crippen molar-refractivity contribution in [1.82, 2.24) is 14.9 Å². The molecule has 33 heavy (non-hydrogen) atoms. The summed E-state index contributed by atoms with van der Waals surface area (Å²) in [6, 6.07) is 7.78. The zero-order valence-electron chi connectivity index (χ0n) is 19.0. The van der Waals surface area contributed by atoms with Gasteiger partial charge in [-0.1, -0.05) is 19.0 Å². The molecule has 0 unspecified atom stereocenters. The molecule has 1 aromatic carbocycles. The molecule has 0 saturated heterocycles. The van der Waals surface area contributed by atoms with Crippen molar-refractivity contribution >= 4 is 49.1 Å². The first-order valence-electron chi connectivity index (χ1n) is 10.4. The number of fused-ring (bicyclic) bond motifs is 1. The Morgan fingerprint density at radius 2 is 1.85 bits per heavy atom. The van der Waals surface area contributed by atoms with E-state index in [9.17, 15) is 13.2 Å². The van der Waals surface area contributed by atoms with Gasteiger partial charge < -0.3 is 9.84 Å². The number of sulfonamides is 1. The second-order valence-electron chi connectivity index (χ2n) is 8.30. The number of nitrogens with zero attached hydrogens (tertiary/aromatic N) is 3. The fraction of sp³-hybridized carbons (Fsp3) is 0.318. The molecule has 1 amide bonds. The number of thiophene rings is 1. The van der Waals surface area contributed by atoms with Crippen LogP contribution >= 0.6 is 11.3 Å². The Labute approximate surface area is 195 Å². The van der Waals surface area contributed by atoms with E-state index in [1.807, 2.05) is 17.7 Å². The molecule has 0 spiro atoms. The topological polar surface area (TPSA) is 119 Å². The lowest BCUT2D eigenvalue weighted by molar-refractivity contribution is 0.103. The number of aryl methyl sites for hydroxylation is 2. The predicted octanol–water partition coefficient (Wildman–Crippen LogP) is 4.72.